The number of nitrogens with zero attached hydrogens (tertiary/aromatic N) is 1. The summed E-state index contributed by atoms with van der Waals surface area (Å²) in [5.41, 5.74) is 1.000. The van der Waals surface area contributed by atoms with Crippen molar-refractivity contribution >= 4 is 45.7 Å². The smallest absolute Gasteiger partial charge is 0.255 e. The van der Waals surface area contributed by atoms with E-state index in [1.54, 1.807) is 23.7 Å². The number of nitrogens with one attached hydrogen (secondary N) is 2. The number of carbonyl (C=O) groups is 2. The molecule has 0 saturated heterocycles. The summed E-state index contributed by atoms with van der Waals surface area (Å²) in [5.74, 6) is -0.561. The van der Waals surface area contributed by atoms with Gasteiger partial charge in [0.1, 0.15) is 5.82 Å². The van der Waals surface area contributed by atoms with Crippen molar-refractivity contribution in [2.75, 3.05) is 16.4 Å². The van der Waals surface area contributed by atoms with Crippen molar-refractivity contribution < 1.29 is 14.0 Å². The van der Waals surface area contributed by atoms with Crippen LogP contribution < -0.4 is 10.6 Å². The highest BCUT2D eigenvalue weighted by Gasteiger charge is 2.08. The Kier molecular flexibility index (Phi) is 5.98. The van der Waals surface area contributed by atoms with Crippen LogP contribution in [0.25, 0.3) is 0 Å². The number of thioether (sulfide) groups is 1. The van der Waals surface area contributed by atoms with Crippen LogP contribution in [0.2, 0.25) is 0 Å². The van der Waals surface area contributed by atoms with Gasteiger partial charge in [-0.05, 0) is 48.5 Å². The van der Waals surface area contributed by atoms with E-state index in [1.807, 2.05) is 12.1 Å². The van der Waals surface area contributed by atoms with Gasteiger partial charge in [-0.25, -0.2) is 9.37 Å². The standard InChI is InChI=1S/C18H14FN3O2S2/c19-13-3-1-12(2-4-13)17(24)21-14-5-7-15(8-6-14)26-11-16(23)22-18-20-9-10-25-18/h1-10H,11H2,(H,21,24)(H,20,22,23). The van der Waals surface area contributed by atoms with E-state index in [1.165, 1.54) is 47.4 Å². The second-order valence-corrected chi connectivity index (χ2v) is 7.10. The zero-order valence-electron chi connectivity index (χ0n) is 13.4. The first-order valence-electron chi connectivity index (χ1n) is 7.59. The summed E-state index contributed by atoms with van der Waals surface area (Å²) in [5, 5.41) is 7.83. The van der Waals surface area contributed by atoms with Crippen LogP contribution in [0.5, 0.6) is 0 Å². The number of hydrogen-bond donors (Lipinski definition) is 2. The van der Waals surface area contributed by atoms with E-state index in [0.29, 0.717) is 16.4 Å². The first-order valence-corrected chi connectivity index (χ1v) is 9.46. The van der Waals surface area contributed by atoms with Gasteiger partial charge in [0.25, 0.3) is 5.91 Å². The lowest BCUT2D eigenvalue weighted by Crippen LogP contribution is -2.13. The average molecular weight is 387 g/mol. The number of aromatic nitrogens is 1. The van der Waals surface area contributed by atoms with Crippen molar-refractivity contribution in [1.29, 1.82) is 0 Å². The largest absolute Gasteiger partial charge is 0.322 e. The van der Waals surface area contributed by atoms with Gasteiger partial charge in [0.05, 0.1) is 5.75 Å². The molecule has 0 bridgehead atoms. The molecule has 0 radical (unpaired) electrons. The molecule has 0 aliphatic rings. The topological polar surface area (TPSA) is 71.1 Å². The fraction of sp³-hybridized carbons (Fsp3) is 0.0556. The van der Waals surface area contributed by atoms with E-state index < -0.39 is 0 Å². The van der Waals surface area contributed by atoms with E-state index in [-0.39, 0.29) is 23.4 Å². The molecule has 1 aromatic heterocycles. The number of rotatable bonds is 6. The number of thiazole rings is 1. The Morgan fingerprint density at radius 3 is 2.42 bits per heavy atom. The molecule has 1 heterocycles. The molecule has 0 aliphatic heterocycles. The predicted octanol–water partition coefficient (Wildman–Crippen LogP) is 4.27. The van der Waals surface area contributed by atoms with E-state index >= 15 is 0 Å². The molecule has 3 rings (SSSR count). The van der Waals surface area contributed by atoms with Crippen molar-refractivity contribution in [2.24, 2.45) is 0 Å². The zero-order valence-corrected chi connectivity index (χ0v) is 15.1. The van der Waals surface area contributed by atoms with Crippen LogP contribution >= 0.6 is 23.1 Å². The van der Waals surface area contributed by atoms with Crippen molar-refractivity contribution in [3.05, 3.63) is 71.5 Å². The number of hydrogen-bond acceptors (Lipinski definition) is 5. The SMILES string of the molecule is O=C(CSc1ccc(NC(=O)c2ccc(F)cc2)cc1)Nc1nccs1. The molecule has 0 spiro atoms. The molecule has 2 N–H and O–H groups in total. The van der Waals surface area contributed by atoms with Crippen molar-refractivity contribution in [3.8, 4) is 0 Å². The quantitative estimate of drug-likeness (QED) is 0.620. The number of halogens is 1. The summed E-state index contributed by atoms with van der Waals surface area (Å²) < 4.78 is 12.9. The maximum Gasteiger partial charge on any atom is 0.255 e. The van der Waals surface area contributed by atoms with Gasteiger partial charge in [-0.3, -0.25) is 9.59 Å². The van der Waals surface area contributed by atoms with Gasteiger partial charge in [-0.1, -0.05) is 0 Å². The molecule has 0 fully saturated rings. The Morgan fingerprint density at radius 1 is 1.04 bits per heavy atom. The van der Waals surface area contributed by atoms with Crippen molar-refractivity contribution in [1.82, 2.24) is 4.98 Å². The lowest BCUT2D eigenvalue weighted by Gasteiger charge is -2.07. The number of anilines is 2. The monoisotopic (exact) mass is 387 g/mol. The first kappa shape index (κ1) is 18.1. The van der Waals surface area contributed by atoms with Crippen molar-refractivity contribution in [2.45, 2.75) is 4.90 Å². The highest BCUT2D eigenvalue weighted by molar-refractivity contribution is 8.00. The van der Waals surface area contributed by atoms with Crippen LogP contribution in [-0.2, 0) is 4.79 Å². The fourth-order valence-corrected chi connectivity index (χ4v) is 3.27. The Balaban J connectivity index is 1.50. The van der Waals surface area contributed by atoms with Crippen LogP contribution in [0.4, 0.5) is 15.2 Å². The Hall–Kier alpha value is -2.71. The number of amides is 2. The van der Waals surface area contributed by atoms with Crippen molar-refractivity contribution in [3.63, 3.8) is 0 Å². The van der Waals surface area contributed by atoms with Gasteiger partial charge in [-0.15, -0.1) is 23.1 Å². The van der Waals surface area contributed by atoms with Gasteiger partial charge < -0.3 is 10.6 Å². The molecule has 0 unspecified atom stereocenters. The molecule has 5 nitrogen and oxygen atoms in total. The van der Waals surface area contributed by atoms with E-state index in [0.717, 1.165) is 4.90 Å². The minimum Gasteiger partial charge on any atom is -0.322 e. The number of benzene rings is 2. The summed E-state index contributed by atoms with van der Waals surface area (Å²) in [7, 11) is 0. The van der Waals surface area contributed by atoms with Gasteiger partial charge >= 0.3 is 0 Å². The van der Waals surface area contributed by atoms with E-state index in [2.05, 4.69) is 15.6 Å². The van der Waals surface area contributed by atoms with Crippen LogP contribution in [-0.4, -0.2) is 22.6 Å². The van der Waals surface area contributed by atoms with Gasteiger partial charge in [0, 0.05) is 27.7 Å². The third-order valence-electron chi connectivity index (χ3n) is 3.27. The second kappa shape index (κ2) is 8.59. The lowest BCUT2D eigenvalue weighted by atomic mass is 10.2. The first-order chi connectivity index (χ1) is 12.6. The Labute approximate surface area is 157 Å². The summed E-state index contributed by atoms with van der Waals surface area (Å²) in [6, 6.07) is 12.5. The molecule has 26 heavy (non-hydrogen) atoms. The van der Waals surface area contributed by atoms with Gasteiger partial charge in [0.15, 0.2) is 5.13 Å². The lowest BCUT2D eigenvalue weighted by molar-refractivity contribution is -0.113. The minimum absolute atomic E-state index is 0.126. The maximum absolute atomic E-state index is 12.9. The molecule has 8 heteroatoms. The van der Waals surface area contributed by atoms with Crippen LogP contribution in [0.15, 0.2) is 65.0 Å². The average Bonchev–Trinajstić information content (AvgIpc) is 3.14. The normalized spacial score (nSPS) is 10.3. The minimum atomic E-state index is -0.387. The van der Waals surface area contributed by atoms with Crippen LogP contribution in [0.3, 0.4) is 0 Å². The molecule has 0 saturated carbocycles. The molecular weight excluding hydrogens is 373 g/mol. The second-order valence-electron chi connectivity index (χ2n) is 5.16. The summed E-state index contributed by atoms with van der Waals surface area (Å²) in [6.45, 7) is 0. The highest BCUT2D eigenvalue weighted by atomic mass is 32.2. The third-order valence-corrected chi connectivity index (χ3v) is 4.97. The highest BCUT2D eigenvalue weighted by Crippen LogP contribution is 2.21. The number of carbonyl (C=O) groups excluding carboxylic acids is 2. The zero-order chi connectivity index (χ0) is 18.4. The Morgan fingerprint density at radius 2 is 1.77 bits per heavy atom. The molecule has 0 aliphatic carbocycles. The van der Waals surface area contributed by atoms with Crippen LogP contribution in [0, 0.1) is 5.82 Å². The maximum atomic E-state index is 12.9. The fourth-order valence-electron chi connectivity index (χ4n) is 2.03. The van der Waals surface area contributed by atoms with Crippen LogP contribution in [0.1, 0.15) is 10.4 Å². The van der Waals surface area contributed by atoms with E-state index in [9.17, 15) is 14.0 Å². The van der Waals surface area contributed by atoms with E-state index in [4.69, 9.17) is 0 Å². The van der Waals surface area contributed by atoms with Gasteiger partial charge in [0.2, 0.25) is 5.91 Å². The third kappa shape index (κ3) is 5.14. The summed E-state index contributed by atoms with van der Waals surface area (Å²) in [6.07, 6.45) is 1.63. The molecule has 0 atom stereocenters. The molecular formula is C18H14FN3O2S2. The Bertz CT molecular complexity index is 882. The molecule has 2 amide bonds. The summed E-state index contributed by atoms with van der Waals surface area (Å²) >= 11 is 2.75. The molecule has 132 valence electrons. The molecule has 3 aromatic rings. The predicted molar refractivity (Wildman–Crippen MR) is 102 cm³/mol. The molecule has 2 aromatic carbocycles. The summed E-state index contributed by atoms with van der Waals surface area (Å²) in [4.78, 5) is 28.8. The van der Waals surface area contributed by atoms with Gasteiger partial charge in [-0.2, -0.15) is 0 Å².